The van der Waals surface area contributed by atoms with Crippen molar-refractivity contribution in [1.82, 2.24) is 14.7 Å². The van der Waals surface area contributed by atoms with E-state index in [1.165, 1.54) is 11.3 Å². The molecule has 134 valence electrons. The second kappa shape index (κ2) is 6.80. The van der Waals surface area contributed by atoms with E-state index in [0.29, 0.717) is 18.8 Å². The lowest BCUT2D eigenvalue weighted by atomic mass is 10.0. The Balaban J connectivity index is 1.59. The Kier molecular flexibility index (Phi) is 4.34. The molecule has 26 heavy (non-hydrogen) atoms. The number of benzene rings is 1. The molecule has 0 atom stereocenters. The summed E-state index contributed by atoms with van der Waals surface area (Å²) >= 11 is 0. The van der Waals surface area contributed by atoms with Gasteiger partial charge in [0.05, 0.1) is 5.69 Å². The van der Waals surface area contributed by atoms with Crippen molar-refractivity contribution in [3.05, 3.63) is 65.2 Å². The molecule has 4 rings (SSSR count). The molecule has 0 radical (unpaired) electrons. The molecule has 2 aromatic heterocycles. The SMILES string of the molecule is Cn1nc(-c2ccccc2)c2c1CCN(C(=O)c1ccc(CO)o1)CC2. The zero-order chi connectivity index (χ0) is 18.1. The van der Waals surface area contributed by atoms with Gasteiger partial charge in [0.1, 0.15) is 12.4 Å². The van der Waals surface area contributed by atoms with Gasteiger partial charge in [-0.25, -0.2) is 0 Å². The minimum Gasteiger partial charge on any atom is -0.453 e. The second-order valence-corrected chi connectivity index (χ2v) is 6.48. The summed E-state index contributed by atoms with van der Waals surface area (Å²) in [6.07, 6.45) is 1.51. The first-order chi connectivity index (χ1) is 12.7. The molecule has 0 aliphatic carbocycles. The van der Waals surface area contributed by atoms with Gasteiger partial charge in [-0.1, -0.05) is 30.3 Å². The number of aliphatic hydroxyl groups is 1. The van der Waals surface area contributed by atoms with Crippen molar-refractivity contribution in [2.75, 3.05) is 13.1 Å². The molecule has 0 saturated carbocycles. The van der Waals surface area contributed by atoms with Crippen molar-refractivity contribution in [3.63, 3.8) is 0 Å². The lowest BCUT2D eigenvalue weighted by molar-refractivity contribution is 0.0726. The van der Waals surface area contributed by atoms with Crippen molar-refractivity contribution < 1.29 is 14.3 Å². The van der Waals surface area contributed by atoms with Crippen LogP contribution in [0.3, 0.4) is 0 Å². The minimum absolute atomic E-state index is 0.133. The number of amides is 1. The highest BCUT2D eigenvalue weighted by Crippen LogP contribution is 2.28. The Morgan fingerprint density at radius 1 is 1.15 bits per heavy atom. The molecule has 1 N–H and O–H groups in total. The van der Waals surface area contributed by atoms with Crippen LogP contribution in [0.4, 0.5) is 0 Å². The summed E-state index contributed by atoms with van der Waals surface area (Å²) < 4.78 is 7.34. The number of furan rings is 1. The lowest BCUT2D eigenvalue weighted by Crippen LogP contribution is -2.33. The maximum absolute atomic E-state index is 12.7. The minimum atomic E-state index is -0.204. The average molecular weight is 351 g/mol. The van der Waals surface area contributed by atoms with Crippen LogP contribution in [0, 0.1) is 0 Å². The number of aromatic nitrogens is 2. The van der Waals surface area contributed by atoms with E-state index in [0.717, 1.165) is 24.1 Å². The summed E-state index contributed by atoms with van der Waals surface area (Å²) in [5, 5.41) is 13.8. The summed E-state index contributed by atoms with van der Waals surface area (Å²) in [6.45, 7) is 1.03. The molecule has 0 unspecified atom stereocenters. The standard InChI is InChI=1S/C20H21N3O3/c1-22-17-10-12-23(20(25)18-8-7-15(13-24)26-18)11-9-16(17)19(21-22)14-5-3-2-4-6-14/h2-8,24H,9-13H2,1H3. The number of fused-ring (bicyclic) bond motifs is 1. The van der Waals surface area contributed by atoms with E-state index in [2.05, 4.69) is 12.1 Å². The third-order valence-electron chi connectivity index (χ3n) is 4.89. The highest BCUT2D eigenvalue weighted by molar-refractivity contribution is 5.91. The van der Waals surface area contributed by atoms with Gasteiger partial charge in [0.2, 0.25) is 0 Å². The predicted molar refractivity (Wildman–Crippen MR) is 96.6 cm³/mol. The highest BCUT2D eigenvalue weighted by Gasteiger charge is 2.26. The third-order valence-corrected chi connectivity index (χ3v) is 4.89. The average Bonchev–Trinajstić information content (AvgIpc) is 3.20. The van der Waals surface area contributed by atoms with E-state index < -0.39 is 0 Å². The molecule has 6 nitrogen and oxygen atoms in total. The molecule has 1 aromatic carbocycles. The summed E-state index contributed by atoms with van der Waals surface area (Å²) in [7, 11) is 1.96. The molecule has 3 heterocycles. The summed E-state index contributed by atoms with van der Waals surface area (Å²) in [5.74, 6) is 0.551. The highest BCUT2D eigenvalue weighted by atomic mass is 16.4. The fourth-order valence-electron chi connectivity index (χ4n) is 3.54. The van der Waals surface area contributed by atoms with Gasteiger partial charge in [-0.2, -0.15) is 5.10 Å². The summed E-state index contributed by atoms with van der Waals surface area (Å²) in [4.78, 5) is 14.5. The molecule has 1 amide bonds. The number of carbonyl (C=O) groups is 1. The van der Waals surface area contributed by atoms with Crippen LogP contribution >= 0.6 is 0 Å². The largest absolute Gasteiger partial charge is 0.453 e. The molecule has 1 aliphatic heterocycles. The van der Waals surface area contributed by atoms with Crippen LogP contribution in [0.25, 0.3) is 11.3 Å². The molecule has 0 spiro atoms. The maximum atomic E-state index is 12.7. The first kappa shape index (κ1) is 16.6. The quantitative estimate of drug-likeness (QED) is 0.787. The van der Waals surface area contributed by atoms with E-state index in [-0.39, 0.29) is 18.3 Å². The van der Waals surface area contributed by atoms with E-state index in [4.69, 9.17) is 14.6 Å². The smallest absolute Gasteiger partial charge is 0.289 e. The Bertz CT molecular complexity index is 927. The fourth-order valence-corrected chi connectivity index (χ4v) is 3.54. The number of nitrogens with zero attached hydrogens (tertiary/aromatic N) is 3. The molecule has 1 aliphatic rings. The Morgan fingerprint density at radius 3 is 2.65 bits per heavy atom. The van der Waals surface area contributed by atoms with Gasteiger partial charge in [0.15, 0.2) is 5.76 Å². The van der Waals surface area contributed by atoms with Crippen LogP contribution < -0.4 is 0 Å². The number of aliphatic hydroxyl groups excluding tert-OH is 1. The van der Waals surface area contributed by atoms with Crippen molar-refractivity contribution >= 4 is 5.91 Å². The normalized spacial score (nSPS) is 14.2. The molecule has 0 saturated heterocycles. The molecular weight excluding hydrogens is 330 g/mol. The van der Waals surface area contributed by atoms with Crippen LogP contribution in [0.5, 0.6) is 0 Å². The number of rotatable bonds is 3. The Labute approximate surface area is 151 Å². The number of hydrogen-bond acceptors (Lipinski definition) is 4. The van der Waals surface area contributed by atoms with Crippen LogP contribution in [0.1, 0.15) is 27.6 Å². The topological polar surface area (TPSA) is 71.5 Å². The van der Waals surface area contributed by atoms with Gasteiger partial charge in [-0.15, -0.1) is 0 Å². The molecule has 6 heteroatoms. The molecular formula is C20H21N3O3. The van der Waals surface area contributed by atoms with Gasteiger partial charge in [0, 0.05) is 43.4 Å². The van der Waals surface area contributed by atoms with Crippen molar-refractivity contribution in [2.24, 2.45) is 7.05 Å². The van der Waals surface area contributed by atoms with Crippen LogP contribution in [0.2, 0.25) is 0 Å². The van der Waals surface area contributed by atoms with Crippen molar-refractivity contribution in [2.45, 2.75) is 19.4 Å². The zero-order valence-corrected chi connectivity index (χ0v) is 14.7. The van der Waals surface area contributed by atoms with Gasteiger partial charge in [-0.3, -0.25) is 9.48 Å². The van der Waals surface area contributed by atoms with Crippen molar-refractivity contribution in [1.29, 1.82) is 0 Å². The third kappa shape index (κ3) is 2.93. The van der Waals surface area contributed by atoms with E-state index >= 15 is 0 Å². The Hall–Kier alpha value is -2.86. The van der Waals surface area contributed by atoms with Gasteiger partial charge in [0.25, 0.3) is 5.91 Å². The number of aryl methyl sites for hydroxylation is 1. The Morgan fingerprint density at radius 2 is 1.92 bits per heavy atom. The van der Waals surface area contributed by atoms with E-state index in [1.54, 1.807) is 12.1 Å². The number of carbonyl (C=O) groups excluding carboxylic acids is 1. The summed E-state index contributed by atoms with van der Waals surface area (Å²) in [6, 6.07) is 13.4. The van der Waals surface area contributed by atoms with Crippen molar-refractivity contribution in [3.8, 4) is 11.3 Å². The van der Waals surface area contributed by atoms with E-state index in [1.807, 2.05) is 34.8 Å². The van der Waals surface area contributed by atoms with Crippen LogP contribution in [0.15, 0.2) is 46.9 Å². The molecule has 0 bridgehead atoms. The maximum Gasteiger partial charge on any atom is 0.289 e. The first-order valence-electron chi connectivity index (χ1n) is 8.76. The predicted octanol–water partition coefficient (Wildman–Crippen LogP) is 2.41. The second-order valence-electron chi connectivity index (χ2n) is 6.48. The fraction of sp³-hybridized carbons (Fsp3) is 0.300. The van der Waals surface area contributed by atoms with Crippen LogP contribution in [-0.2, 0) is 26.5 Å². The number of hydrogen-bond donors (Lipinski definition) is 1. The van der Waals surface area contributed by atoms with E-state index in [9.17, 15) is 4.79 Å². The lowest BCUT2D eigenvalue weighted by Gasteiger charge is -2.19. The molecule has 3 aromatic rings. The van der Waals surface area contributed by atoms with Gasteiger partial charge >= 0.3 is 0 Å². The zero-order valence-electron chi connectivity index (χ0n) is 14.7. The first-order valence-corrected chi connectivity index (χ1v) is 8.76. The van der Waals surface area contributed by atoms with Crippen LogP contribution in [-0.4, -0.2) is 38.8 Å². The monoisotopic (exact) mass is 351 g/mol. The van der Waals surface area contributed by atoms with Gasteiger partial charge in [-0.05, 0) is 18.6 Å². The van der Waals surface area contributed by atoms with Gasteiger partial charge < -0.3 is 14.4 Å². The molecule has 0 fully saturated rings. The summed E-state index contributed by atoms with van der Waals surface area (Å²) in [5.41, 5.74) is 4.49.